The number of hydrogen-bond donors (Lipinski definition) is 1. The van der Waals surface area contributed by atoms with E-state index in [1.807, 2.05) is 30.3 Å². The Morgan fingerprint density at radius 3 is 2.67 bits per heavy atom. The Kier molecular flexibility index (Phi) is 5.96. The molecule has 3 heterocycles. The van der Waals surface area contributed by atoms with Gasteiger partial charge in [-0.3, -0.25) is 9.71 Å². The number of benzene rings is 2. The van der Waals surface area contributed by atoms with E-state index in [-0.39, 0.29) is 4.34 Å². The number of nitrogens with one attached hydrogen (secondary N) is 1. The summed E-state index contributed by atoms with van der Waals surface area (Å²) in [6.07, 6.45) is 1.72. The Morgan fingerprint density at radius 2 is 1.85 bits per heavy atom. The lowest BCUT2D eigenvalue weighted by molar-refractivity contribution is 0.312. The Morgan fingerprint density at radius 1 is 1.06 bits per heavy atom. The molecule has 10 heteroatoms. The van der Waals surface area contributed by atoms with Crippen LogP contribution in [0.3, 0.4) is 0 Å². The lowest BCUT2D eigenvalue weighted by Crippen LogP contribution is -2.44. The number of hydrogen-bond acceptors (Lipinski definition) is 7. The second-order valence-electron chi connectivity index (χ2n) is 7.94. The maximum Gasteiger partial charge on any atom is 0.289 e. The summed E-state index contributed by atoms with van der Waals surface area (Å²) in [6.45, 7) is 3.50. The van der Waals surface area contributed by atoms with Crippen LogP contribution >= 0.6 is 22.9 Å². The molecule has 1 saturated heterocycles. The fraction of sp³-hybridized carbons (Fsp3) is 0.217. The maximum atomic E-state index is 13.1. The number of anilines is 2. The summed E-state index contributed by atoms with van der Waals surface area (Å²) in [6, 6.07) is 14.8. The van der Waals surface area contributed by atoms with Gasteiger partial charge in [0.2, 0.25) is 4.34 Å². The zero-order valence-corrected chi connectivity index (χ0v) is 20.3. The number of likely N-dealkylation sites (N-methyl/N-ethyl adjacent to an activating group) is 1. The number of fused-ring (bicyclic) bond motifs is 1. The molecule has 5 rings (SSSR count). The highest BCUT2D eigenvalue weighted by molar-refractivity contribution is 7.94. The van der Waals surface area contributed by atoms with Gasteiger partial charge in [-0.25, -0.2) is 4.98 Å². The van der Waals surface area contributed by atoms with Crippen LogP contribution in [0.5, 0.6) is 0 Å². The molecule has 0 saturated carbocycles. The van der Waals surface area contributed by atoms with E-state index in [1.54, 1.807) is 29.8 Å². The van der Waals surface area contributed by atoms with Gasteiger partial charge in [-0.2, -0.15) is 8.42 Å². The molecule has 0 unspecified atom stereocenters. The average molecular weight is 500 g/mol. The third-order valence-corrected chi connectivity index (χ3v) is 8.63. The maximum absolute atomic E-state index is 13.1. The monoisotopic (exact) mass is 499 g/mol. The average Bonchev–Trinajstić information content (AvgIpc) is 3.32. The quantitative estimate of drug-likeness (QED) is 0.433. The fourth-order valence-electron chi connectivity index (χ4n) is 3.86. The molecule has 0 spiro atoms. The van der Waals surface area contributed by atoms with Crippen molar-refractivity contribution in [2.45, 2.75) is 4.34 Å². The summed E-state index contributed by atoms with van der Waals surface area (Å²) in [4.78, 5) is 13.3. The molecule has 0 atom stereocenters. The SMILES string of the molecule is CN1CCN(c2csc(S(=O)(=O)Nc3ccc(Cl)c(-c4nccc5ccccc45)c3)n2)CC1. The first kappa shape index (κ1) is 22.1. The molecule has 0 amide bonds. The number of nitrogens with zero attached hydrogens (tertiary/aromatic N) is 4. The molecule has 0 bridgehead atoms. The number of aromatic nitrogens is 2. The third kappa shape index (κ3) is 4.54. The molecule has 1 aliphatic rings. The van der Waals surface area contributed by atoms with Gasteiger partial charge in [0, 0.05) is 54.4 Å². The summed E-state index contributed by atoms with van der Waals surface area (Å²) >= 11 is 7.60. The molecule has 33 heavy (non-hydrogen) atoms. The summed E-state index contributed by atoms with van der Waals surface area (Å²) in [5.41, 5.74) is 1.76. The van der Waals surface area contributed by atoms with Gasteiger partial charge in [-0.1, -0.05) is 35.9 Å². The summed E-state index contributed by atoms with van der Waals surface area (Å²) in [7, 11) is -1.76. The minimum absolute atomic E-state index is 0.0382. The Balaban J connectivity index is 1.43. The first-order valence-corrected chi connectivity index (χ1v) is 13.2. The smallest absolute Gasteiger partial charge is 0.289 e. The van der Waals surface area contributed by atoms with E-state index in [1.165, 1.54) is 0 Å². The predicted molar refractivity (Wildman–Crippen MR) is 135 cm³/mol. The number of halogens is 1. The van der Waals surface area contributed by atoms with Crippen molar-refractivity contribution in [3.63, 3.8) is 0 Å². The summed E-state index contributed by atoms with van der Waals surface area (Å²) < 4.78 is 28.8. The van der Waals surface area contributed by atoms with Crippen LogP contribution in [0.1, 0.15) is 0 Å². The highest BCUT2D eigenvalue weighted by Crippen LogP contribution is 2.34. The van der Waals surface area contributed by atoms with Crippen LogP contribution in [0, 0.1) is 0 Å². The molecular weight excluding hydrogens is 478 g/mol. The van der Waals surface area contributed by atoms with E-state index < -0.39 is 10.0 Å². The molecule has 170 valence electrons. The zero-order chi connectivity index (χ0) is 23.0. The largest absolute Gasteiger partial charge is 0.353 e. The number of thiazole rings is 1. The number of rotatable bonds is 5. The molecule has 1 N–H and O–H groups in total. The van der Waals surface area contributed by atoms with E-state index in [9.17, 15) is 8.42 Å². The van der Waals surface area contributed by atoms with E-state index in [0.29, 0.717) is 27.8 Å². The molecule has 7 nitrogen and oxygen atoms in total. The molecule has 0 radical (unpaired) electrons. The molecule has 1 fully saturated rings. The minimum atomic E-state index is -3.84. The van der Waals surface area contributed by atoms with Crippen LogP contribution < -0.4 is 9.62 Å². The van der Waals surface area contributed by atoms with Crippen molar-refractivity contribution in [2.75, 3.05) is 42.8 Å². The van der Waals surface area contributed by atoms with Crippen molar-refractivity contribution in [1.29, 1.82) is 0 Å². The van der Waals surface area contributed by atoms with Gasteiger partial charge in [0.25, 0.3) is 10.0 Å². The standard InChI is InChI=1S/C23H22ClN5O2S2/c1-28-10-12-29(13-11-28)21-15-32-23(26-21)33(30,31)27-17-6-7-20(24)19(14-17)22-18-5-3-2-4-16(18)8-9-25-22/h2-9,14-15,27H,10-13H2,1H3. The van der Waals surface area contributed by atoms with Crippen molar-refractivity contribution >= 4 is 55.2 Å². The van der Waals surface area contributed by atoms with Crippen molar-refractivity contribution in [1.82, 2.24) is 14.9 Å². The zero-order valence-electron chi connectivity index (χ0n) is 17.9. The van der Waals surface area contributed by atoms with Crippen LogP contribution in [-0.4, -0.2) is 56.5 Å². The highest BCUT2D eigenvalue weighted by atomic mass is 35.5. The number of sulfonamides is 1. The Bertz CT molecular complexity index is 1410. The van der Waals surface area contributed by atoms with E-state index >= 15 is 0 Å². The minimum Gasteiger partial charge on any atom is -0.353 e. The van der Waals surface area contributed by atoms with Crippen LogP contribution in [0.4, 0.5) is 11.5 Å². The molecule has 0 aliphatic carbocycles. The molecular formula is C23H22ClN5O2S2. The van der Waals surface area contributed by atoms with Crippen LogP contribution in [0.25, 0.3) is 22.0 Å². The second-order valence-corrected chi connectivity index (χ2v) is 11.1. The van der Waals surface area contributed by atoms with E-state index in [4.69, 9.17) is 11.6 Å². The number of pyridine rings is 1. The first-order valence-electron chi connectivity index (χ1n) is 10.5. The lowest BCUT2D eigenvalue weighted by Gasteiger charge is -2.32. The predicted octanol–water partition coefficient (Wildman–Crippen LogP) is 4.56. The number of piperazine rings is 1. The van der Waals surface area contributed by atoms with Gasteiger partial charge in [-0.15, -0.1) is 11.3 Å². The van der Waals surface area contributed by atoms with Gasteiger partial charge < -0.3 is 9.80 Å². The van der Waals surface area contributed by atoms with Gasteiger partial charge in [-0.05, 0) is 36.7 Å². The Labute approximate surface area is 201 Å². The van der Waals surface area contributed by atoms with Gasteiger partial charge in [0.05, 0.1) is 10.7 Å². The molecule has 2 aromatic carbocycles. The van der Waals surface area contributed by atoms with Crippen LogP contribution in [0.15, 0.2) is 64.4 Å². The third-order valence-electron chi connectivity index (χ3n) is 5.68. The van der Waals surface area contributed by atoms with Crippen molar-refractivity contribution in [3.05, 3.63) is 65.1 Å². The van der Waals surface area contributed by atoms with Gasteiger partial charge >= 0.3 is 0 Å². The van der Waals surface area contributed by atoms with E-state index in [2.05, 4.69) is 31.5 Å². The van der Waals surface area contributed by atoms with E-state index in [0.717, 1.165) is 48.3 Å². The van der Waals surface area contributed by atoms with Crippen molar-refractivity contribution < 1.29 is 8.42 Å². The van der Waals surface area contributed by atoms with Crippen molar-refractivity contribution in [2.24, 2.45) is 0 Å². The van der Waals surface area contributed by atoms with Crippen LogP contribution in [-0.2, 0) is 10.0 Å². The Hall–Kier alpha value is -2.72. The normalized spacial score (nSPS) is 15.2. The summed E-state index contributed by atoms with van der Waals surface area (Å²) in [5.74, 6) is 0.699. The fourth-order valence-corrected chi connectivity index (χ4v) is 6.13. The highest BCUT2D eigenvalue weighted by Gasteiger charge is 2.23. The summed E-state index contributed by atoms with van der Waals surface area (Å²) in [5, 5.41) is 4.27. The topological polar surface area (TPSA) is 78.4 Å². The van der Waals surface area contributed by atoms with Gasteiger partial charge in [0.15, 0.2) is 0 Å². The second kappa shape index (κ2) is 8.90. The lowest BCUT2D eigenvalue weighted by atomic mass is 10.0. The van der Waals surface area contributed by atoms with Gasteiger partial charge in [0.1, 0.15) is 5.82 Å². The van der Waals surface area contributed by atoms with Crippen molar-refractivity contribution in [3.8, 4) is 11.3 Å². The van der Waals surface area contributed by atoms with Crippen LogP contribution in [0.2, 0.25) is 5.02 Å². The molecule has 1 aliphatic heterocycles. The first-order chi connectivity index (χ1) is 15.9. The molecule has 2 aromatic heterocycles. The molecule has 4 aromatic rings.